The van der Waals surface area contributed by atoms with Gasteiger partial charge in [-0.3, -0.25) is 9.59 Å². The highest BCUT2D eigenvalue weighted by atomic mass is 32.1. The van der Waals surface area contributed by atoms with Gasteiger partial charge in [-0.1, -0.05) is 57.2 Å². The summed E-state index contributed by atoms with van der Waals surface area (Å²) in [5.41, 5.74) is 1.35. The number of benzene rings is 1. The molecule has 1 aromatic carbocycles. The summed E-state index contributed by atoms with van der Waals surface area (Å²) in [5.74, 6) is -1.35. The van der Waals surface area contributed by atoms with Crippen LogP contribution in [0.15, 0.2) is 48.4 Å². The van der Waals surface area contributed by atoms with E-state index < -0.39 is 11.9 Å². The standard InChI is InChI=1S/C26H37N3O4S/c1-6-12-33-23(15-21(27-5)17(2)3)25-29-22(16-34-25)24(30)28-20(13-18(4)26(31)32)14-19-10-8-7-9-11-19/h6-11,16-18,20-21,23,27H,1,12-15H2,2-5H3,(H,28,30)(H,31,32)/t18?,20?,21-,23-/m1/s1. The van der Waals surface area contributed by atoms with Crippen LogP contribution in [0.5, 0.6) is 0 Å². The van der Waals surface area contributed by atoms with Crippen LogP contribution < -0.4 is 10.6 Å². The van der Waals surface area contributed by atoms with Gasteiger partial charge in [0.05, 0.1) is 12.5 Å². The molecule has 1 aromatic heterocycles. The number of thiazole rings is 1. The summed E-state index contributed by atoms with van der Waals surface area (Å²) in [5, 5.41) is 18.2. The van der Waals surface area contributed by atoms with Crippen molar-refractivity contribution in [3.8, 4) is 0 Å². The number of amides is 1. The minimum absolute atomic E-state index is 0.240. The lowest BCUT2D eigenvalue weighted by Crippen LogP contribution is -2.38. The van der Waals surface area contributed by atoms with Crippen LogP contribution in [0, 0.1) is 11.8 Å². The molecule has 3 N–H and O–H groups in total. The number of hydrogen-bond acceptors (Lipinski definition) is 6. The van der Waals surface area contributed by atoms with Crippen molar-refractivity contribution in [2.24, 2.45) is 11.8 Å². The molecule has 0 saturated carbocycles. The molecule has 2 aromatic rings. The summed E-state index contributed by atoms with van der Waals surface area (Å²) < 4.78 is 5.98. The van der Waals surface area contributed by atoms with Gasteiger partial charge >= 0.3 is 5.97 Å². The van der Waals surface area contributed by atoms with Crippen molar-refractivity contribution in [1.29, 1.82) is 0 Å². The molecule has 186 valence electrons. The normalized spacial score (nSPS) is 14.9. The largest absolute Gasteiger partial charge is 0.481 e. The number of carboxylic acid groups (broad SMARTS) is 1. The number of carbonyl (C=O) groups excluding carboxylic acids is 1. The smallest absolute Gasteiger partial charge is 0.306 e. The number of nitrogens with zero attached hydrogens (tertiary/aromatic N) is 1. The van der Waals surface area contributed by atoms with Gasteiger partial charge in [-0.15, -0.1) is 17.9 Å². The number of carbonyl (C=O) groups is 2. The number of ether oxygens (including phenoxy) is 1. The molecule has 0 saturated heterocycles. The summed E-state index contributed by atoms with van der Waals surface area (Å²) in [6.45, 7) is 10.1. The van der Waals surface area contributed by atoms with E-state index in [1.807, 2.05) is 37.4 Å². The molecule has 7 nitrogen and oxygen atoms in total. The Balaban J connectivity index is 2.16. The predicted molar refractivity (Wildman–Crippen MR) is 136 cm³/mol. The van der Waals surface area contributed by atoms with Gasteiger partial charge in [0.1, 0.15) is 16.8 Å². The summed E-state index contributed by atoms with van der Waals surface area (Å²) in [4.78, 5) is 29.1. The van der Waals surface area contributed by atoms with Crippen molar-refractivity contribution in [1.82, 2.24) is 15.6 Å². The van der Waals surface area contributed by atoms with Crippen LogP contribution in [0.3, 0.4) is 0 Å². The lowest BCUT2D eigenvalue weighted by molar-refractivity contribution is -0.141. The Bertz CT molecular complexity index is 916. The number of hydrogen-bond donors (Lipinski definition) is 3. The van der Waals surface area contributed by atoms with Gasteiger partial charge in [0.15, 0.2) is 0 Å². The second kappa shape index (κ2) is 14.0. The fraction of sp³-hybridized carbons (Fsp3) is 0.500. The average Bonchev–Trinajstić information content (AvgIpc) is 3.30. The van der Waals surface area contributed by atoms with Crippen LogP contribution in [0.2, 0.25) is 0 Å². The fourth-order valence-electron chi connectivity index (χ4n) is 3.80. The van der Waals surface area contributed by atoms with Crippen LogP contribution >= 0.6 is 11.3 Å². The maximum absolute atomic E-state index is 13.0. The highest BCUT2D eigenvalue weighted by molar-refractivity contribution is 7.09. The Hall–Kier alpha value is -2.55. The summed E-state index contributed by atoms with van der Waals surface area (Å²) in [7, 11) is 1.93. The van der Waals surface area contributed by atoms with Crippen molar-refractivity contribution in [3.05, 3.63) is 64.6 Å². The van der Waals surface area contributed by atoms with E-state index in [-0.39, 0.29) is 24.1 Å². The molecule has 0 spiro atoms. The molecule has 0 radical (unpaired) electrons. The van der Waals surface area contributed by atoms with Crippen molar-refractivity contribution in [2.45, 2.75) is 58.2 Å². The Morgan fingerprint density at radius 2 is 1.91 bits per heavy atom. The maximum Gasteiger partial charge on any atom is 0.306 e. The SMILES string of the molecule is C=CCO[C@H](C[C@@H](NC)C(C)C)c1nc(C(=O)NC(Cc2ccccc2)CC(C)C(=O)O)cs1. The Labute approximate surface area is 206 Å². The summed E-state index contributed by atoms with van der Waals surface area (Å²) >= 11 is 1.40. The zero-order valence-electron chi connectivity index (χ0n) is 20.5. The zero-order valence-corrected chi connectivity index (χ0v) is 21.3. The predicted octanol–water partition coefficient (Wildman–Crippen LogP) is 4.47. The van der Waals surface area contributed by atoms with Gasteiger partial charge in [-0.05, 0) is 37.8 Å². The van der Waals surface area contributed by atoms with Crippen LogP contribution in [-0.2, 0) is 16.0 Å². The van der Waals surface area contributed by atoms with Gasteiger partial charge < -0.3 is 20.5 Å². The van der Waals surface area contributed by atoms with Crippen molar-refractivity contribution in [2.75, 3.05) is 13.7 Å². The molecule has 0 aliphatic heterocycles. The Morgan fingerprint density at radius 1 is 1.21 bits per heavy atom. The Kier molecular flexibility index (Phi) is 11.4. The van der Waals surface area contributed by atoms with Crippen LogP contribution in [0.1, 0.15) is 60.8 Å². The second-order valence-electron chi connectivity index (χ2n) is 8.89. The van der Waals surface area contributed by atoms with Crippen molar-refractivity contribution < 1.29 is 19.4 Å². The number of carboxylic acids is 1. The van der Waals surface area contributed by atoms with E-state index >= 15 is 0 Å². The van der Waals surface area contributed by atoms with Crippen LogP contribution in [0.25, 0.3) is 0 Å². The molecule has 0 bridgehead atoms. The van der Waals surface area contributed by atoms with E-state index in [2.05, 4.69) is 36.0 Å². The molecule has 0 aliphatic rings. The fourth-order valence-corrected chi connectivity index (χ4v) is 4.66. The molecule has 8 heteroatoms. The maximum atomic E-state index is 13.0. The van der Waals surface area contributed by atoms with E-state index in [1.54, 1.807) is 18.4 Å². The lowest BCUT2D eigenvalue weighted by Gasteiger charge is -2.25. The molecule has 34 heavy (non-hydrogen) atoms. The second-order valence-corrected chi connectivity index (χ2v) is 9.78. The van der Waals surface area contributed by atoms with Crippen LogP contribution in [0.4, 0.5) is 0 Å². The summed E-state index contributed by atoms with van der Waals surface area (Å²) in [6.07, 6.45) is 3.05. The van der Waals surface area contributed by atoms with Gasteiger partial charge in [0.25, 0.3) is 5.91 Å². The highest BCUT2D eigenvalue weighted by Crippen LogP contribution is 2.28. The van der Waals surface area contributed by atoms with Gasteiger partial charge in [-0.2, -0.15) is 0 Å². The number of rotatable bonds is 15. The third kappa shape index (κ3) is 8.66. The Morgan fingerprint density at radius 3 is 2.50 bits per heavy atom. The van der Waals surface area contributed by atoms with E-state index in [1.165, 1.54) is 11.3 Å². The zero-order chi connectivity index (χ0) is 25.1. The van der Waals surface area contributed by atoms with Crippen molar-refractivity contribution >= 4 is 23.2 Å². The quantitative estimate of drug-likeness (QED) is 0.321. The molecule has 1 amide bonds. The highest BCUT2D eigenvalue weighted by Gasteiger charge is 2.25. The van der Waals surface area contributed by atoms with Crippen LogP contribution in [-0.4, -0.2) is 47.7 Å². The number of nitrogens with one attached hydrogen (secondary N) is 2. The molecule has 1 heterocycles. The number of aliphatic carboxylic acids is 1. The first-order valence-electron chi connectivity index (χ1n) is 11.7. The average molecular weight is 488 g/mol. The van der Waals surface area contributed by atoms with Gasteiger partial charge in [0.2, 0.25) is 0 Å². The van der Waals surface area contributed by atoms with E-state index in [9.17, 15) is 14.7 Å². The van der Waals surface area contributed by atoms with E-state index in [0.717, 1.165) is 17.0 Å². The molecule has 4 atom stereocenters. The van der Waals surface area contributed by atoms with Gasteiger partial charge in [0, 0.05) is 17.5 Å². The third-order valence-electron chi connectivity index (χ3n) is 5.81. The molecular formula is C26H37N3O4S. The minimum Gasteiger partial charge on any atom is -0.481 e. The first-order valence-corrected chi connectivity index (χ1v) is 12.6. The minimum atomic E-state index is -0.880. The topological polar surface area (TPSA) is 101 Å². The molecule has 2 rings (SSSR count). The monoisotopic (exact) mass is 487 g/mol. The molecule has 2 unspecified atom stereocenters. The molecule has 0 fully saturated rings. The van der Waals surface area contributed by atoms with E-state index in [4.69, 9.17) is 4.74 Å². The summed E-state index contributed by atoms with van der Waals surface area (Å²) in [6, 6.07) is 9.65. The lowest BCUT2D eigenvalue weighted by atomic mass is 9.96. The van der Waals surface area contributed by atoms with Gasteiger partial charge in [-0.25, -0.2) is 4.98 Å². The first kappa shape index (κ1) is 27.7. The molecular weight excluding hydrogens is 450 g/mol. The van der Waals surface area contributed by atoms with Crippen molar-refractivity contribution in [3.63, 3.8) is 0 Å². The number of aromatic nitrogens is 1. The van der Waals surface area contributed by atoms with E-state index in [0.29, 0.717) is 31.1 Å². The first-order chi connectivity index (χ1) is 16.2. The third-order valence-corrected chi connectivity index (χ3v) is 6.75. The molecule has 0 aliphatic carbocycles.